The highest BCUT2D eigenvalue weighted by Gasteiger charge is 2.13. The van der Waals surface area contributed by atoms with Gasteiger partial charge in [-0.05, 0) is 48.5 Å². The Balaban J connectivity index is 2.05. The molecule has 2 aromatic carbocycles. The molecule has 0 aliphatic rings. The van der Waals surface area contributed by atoms with E-state index in [1.807, 2.05) is 0 Å². The van der Waals surface area contributed by atoms with E-state index in [1.165, 1.54) is 35.6 Å². The maximum absolute atomic E-state index is 13.0. The summed E-state index contributed by atoms with van der Waals surface area (Å²) in [5, 5.41) is 0.768. The molecular formula is C16H10ClF2NS. The minimum atomic E-state index is -0.292. The lowest BCUT2D eigenvalue weighted by atomic mass is 10.1. The number of alkyl halides is 1. The van der Waals surface area contributed by atoms with E-state index in [9.17, 15) is 8.78 Å². The second-order valence-electron chi connectivity index (χ2n) is 4.44. The third-order valence-corrected chi connectivity index (χ3v) is 4.56. The second kappa shape index (κ2) is 5.92. The Hall–Kier alpha value is -1.78. The SMILES string of the molecule is Fc1ccc(-c2nc(-c3ccc(F)cc3)c(CCl)s2)cc1. The first-order valence-electron chi connectivity index (χ1n) is 6.25. The first-order chi connectivity index (χ1) is 10.2. The maximum Gasteiger partial charge on any atom is 0.124 e. The van der Waals surface area contributed by atoms with Crippen molar-refractivity contribution in [1.82, 2.24) is 4.98 Å². The molecule has 3 rings (SSSR count). The molecule has 0 atom stereocenters. The van der Waals surface area contributed by atoms with Crippen LogP contribution < -0.4 is 0 Å². The Morgan fingerprint density at radius 2 is 1.38 bits per heavy atom. The van der Waals surface area contributed by atoms with E-state index in [4.69, 9.17) is 11.6 Å². The van der Waals surface area contributed by atoms with Crippen molar-refractivity contribution < 1.29 is 8.78 Å². The summed E-state index contributed by atoms with van der Waals surface area (Å²) in [5.74, 6) is -0.252. The maximum atomic E-state index is 13.0. The summed E-state index contributed by atoms with van der Waals surface area (Å²) in [6.07, 6.45) is 0. The summed E-state index contributed by atoms with van der Waals surface area (Å²) in [5.41, 5.74) is 2.40. The summed E-state index contributed by atoms with van der Waals surface area (Å²) < 4.78 is 26.0. The van der Waals surface area contributed by atoms with E-state index < -0.39 is 0 Å². The van der Waals surface area contributed by atoms with Gasteiger partial charge in [-0.2, -0.15) is 0 Å². The molecule has 1 heterocycles. The summed E-state index contributed by atoms with van der Waals surface area (Å²) in [4.78, 5) is 5.48. The first kappa shape index (κ1) is 14.2. The molecular weight excluding hydrogens is 312 g/mol. The highest BCUT2D eigenvalue weighted by molar-refractivity contribution is 7.15. The van der Waals surface area contributed by atoms with Gasteiger partial charge < -0.3 is 0 Å². The Kier molecular flexibility index (Phi) is 3.99. The van der Waals surface area contributed by atoms with Crippen LogP contribution in [-0.2, 0) is 5.88 Å². The summed E-state index contributed by atoms with van der Waals surface area (Å²) >= 11 is 7.43. The molecule has 0 unspecified atom stereocenters. The summed E-state index contributed by atoms with van der Waals surface area (Å²) in [6, 6.07) is 12.3. The van der Waals surface area contributed by atoms with Crippen molar-refractivity contribution in [3.63, 3.8) is 0 Å². The number of aromatic nitrogens is 1. The van der Waals surface area contributed by atoms with Crippen LogP contribution in [0, 0.1) is 11.6 Å². The van der Waals surface area contributed by atoms with Crippen molar-refractivity contribution in [1.29, 1.82) is 0 Å². The van der Waals surface area contributed by atoms with Gasteiger partial charge in [0.2, 0.25) is 0 Å². The smallest absolute Gasteiger partial charge is 0.124 e. The average molecular weight is 322 g/mol. The van der Waals surface area contributed by atoms with E-state index in [2.05, 4.69) is 4.98 Å². The van der Waals surface area contributed by atoms with Gasteiger partial charge in [-0.25, -0.2) is 13.8 Å². The minimum Gasteiger partial charge on any atom is -0.236 e. The zero-order valence-corrected chi connectivity index (χ0v) is 12.4. The fourth-order valence-electron chi connectivity index (χ4n) is 1.99. The molecule has 0 saturated carbocycles. The predicted molar refractivity (Wildman–Crippen MR) is 82.5 cm³/mol. The van der Waals surface area contributed by atoms with Gasteiger partial charge in [0.25, 0.3) is 0 Å². The van der Waals surface area contributed by atoms with Crippen LogP contribution in [0.3, 0.4) is 0 Å². The van der Waals surface area contributed by atoms with Crippen molar-refractivity contribution in [2.45, 2.75) is 5.88 Å². The van der Waals surface area contributed by atoms with Gasteiger partial charge in [0, 0.05) is 16.0 Å². The summed E-state index contributed by atoms with van der Waals surface area (Å²) in [6.45, 7) is 0. The number of nitrogens with zero attached hydrogens (tertiary/aromatic N) is 1. The first-order valence-corrected chi connectivity index (χ1v) is 7.60. The lowest BCUT2D eigenvalue weighted by Gasteiger charge is -1.99. The fourth-order valence-corrected chi connectivity index (χ4v) is 3.22. The molecule has 0 saturated heterocycles. The highest BCUT2D eigenvalue weighted by atomic mass is 35.5. The monoisotopic (exact) mass is 321 g/mol. The molecule has 0 aliphatic carbocycles. The summed E-state index contributed by atoms with van der Waals surface area (Å²) in [7, 11) is 0. The highest BCUT2D eigenvalue weighted by Crippen LogP contribution is 2.34. The molecule has 21 heavy (non-hydrogen) atoms. The van der Waals surface area contributed by atoms with Crippen molar-refractivity contribution in [3.8, 4) is 21.8 Å². The molecule has 0 aliphatic heterocycles. The zero-order valence-electron chi connectivity index (χ0n) is 10.8. The van der Waals surface area contributed by atoms with E-state index in [1.54, 1.807) is 24.3 Å². The Morgan fingerprint density at radius 3 is 1.90 bits per heavy atom. The Labute approximate surface area is 129 Å². The molecule has 1 aromatic heterocycles. The van der Waals surface area contributed by atoms with Gasteiger partial charge in [-0.1, -0.05) is 0 Å². The molecule has 106 valence electrons. The Bertz CT molecular complexity index is 751. The third kappa shape index (κ3) is 2.96. The van der Waals surface area contributed by atoms with Gasteiger partial charge in [0.05, 0.1) is 11.6 Å². The van der Waals surface area contributed by atoms with Crippen molar-refractivity contribution >= 4 is 22.9 Å². The van der Waals surface area contributed by atoms with Gasteiger partial charge in [-0.3, -0.25) is 0 Å². The standard InChI is InChI=1S/C16H10ClF2NS/c17-9-14-15(10-1-5-12(18)6-2-10)20-16(21-14)11-3-7-13(19)8-4-11/h1-8H,9H2. The van der Waals surface area contributed by atoms with Crippen LogP contribution in [0.2, 0.25) is 0 Å². The largest absolute Gasteiger partial charge is 0.236 e. The van der Waals surface area contributed by atoms with Crippen LogP contribution >= 0.6 is 22.9 Å². The van der Waals surface area contributed by atoms with Crippen LogP contribution in [0.4, 0.5) is 8.78 Å². The van der Waals surface area contributed by atoms with E-state index in [-0.39, 0.29) is 11.6 Å². The molecule has 0 N–H and O–H groups in total. The number of rotatable bonds is 3. The third-order valence-electron chi connectivity index (χ3n) is 3.03. The molecule has 1 nitrogen and oxygen atoms in total. The van der Waals surface area contributed by atoms with Gasteiger partial charge in [0.15, 0.2) is 0 Å². The quantitative estimate of drug-likeness (QED) is 0.581. The molecule has 0 spiro atoms. The van der Waals surface area contributed by atoms with Crippen LogP contribution in [0.5, 0.6) is 0 Å². The van der Waals surface area contributed by atoms with E-state index in [0.29, 0.717) is 5.88 Å². The number of hydrogen-bond donors (Lipinski definition) is 0. The molecule has 0 radical (unpaired) electrons. The predicted octanol–water partition coefficient (Wildman–Crippen LogP) is 5.49. The normalized spacial score (nSPS) is 10.8. The Morgan fingerprint density at radius 1 is 0.857 bits per heavy atom. The average Bonchev–Trinajstić information content (AvgIpc) is 2.93. The van der Waals surface area contributed by atoms with E-state index in [0.717, 1.165) is 26.7 Å². The minimum absolute atomic E-state index is 0.286. The molecule has 0 fully saturated rings. The van der Waals surface area contributed by atoms with Gasteiger partial charge >= 0.3 is 0 Å². The van der Waals surface area contributed by atoms with Gasteiger partial charge in [0.1, 0.15) is 16.6 Å². The number of thiazole rings is 1. The molecule has 5 heteroatoms. The number of benzene rings is 2. The number of halogens is 3. The zero-order chi connectivity index (χ0) is 14.8. The van der Waals surface area contributed by atoms with E-state index >= 15 is 0 Å². The van der Waals surface area contributed by atoms with Gasteiger partial charge in [-0.15, -0.1) is 22.9 Å². The van der Waals surface area contributed by atoms with Crippen molar-refractivity contribution in [3.05, 3.63) is 65.0 Å². The number of hydrogen-bond acceptors (Lipinski definition) is 2. The topological polar surface area (TPSA) is 12.9 Å². The van der Waals surface area contributed by atoms with Crippen molar-refractivity contribution in [2.24, 2.45) is 0 Å². The van der Waals surface area contributed by atoms with Crippen LogP contribution in [0.25, 0.3) is 21.8 Å². The fraction of sp³-hybridized carbons (Fsp3) is 0.0625. The lowest BCUT2D eigenvalue weighted by Crippen LogP contribution is -1.84. The lowest BCUT2D eigenvalue weighted by molar-refractivity contribution is 0.627. The molecule has 0 bridgehead atoms. The van der Waals surface area contributed by atoms with Crippen molar-refractivity contribution in [2.75, 3.05) is 0 Å². The molecule has 0 amide bonds. The van der Waals surface area contributed by atoms with Crippen LogP contribution in [-0.4, -0.2) is 4.98 Å². The molecule has 3 aromatic rings. The second-order valence-corrected chi connectivity index (χ2v) is 5.79. The van der Waals surface area contributed by atoms with Crippen LogP contribution in [0.1, 0.15) is 4.88 Å². The van der Waals surface area contributed by atoms with Crippen LogP contribution in [0.15, 0.2) is 48.5 Å².